The molecule has 0 saturated carbocycles. The number of hydrogen-bond donors (Lipinski definition) is 1. The first-order valence-corrected chi connectivity index (χ1v) is 6.08. The average Bonchev–Trinajstić information content (AvgIpc) is 2.79. The Morgan fingerprint density at radius 2 is 1.61 bits per heavy atom. The maximum absolute atomic E-state index is 12.5. The number of carbonyl (C=O) groups is 1. The minimum atomic E-state index is -4.67. The summed E-state index contributed by atoms with van der Waals surface area (Å²) < 4.78 is 75.6. The number of carbonyl (C=O) groups excluding carboxylic acids is 1. The normalized spacial score (nSPS) is 12.3. The quantitative estimate of drug-likeness (QED) is 0.849. The molecule has 124 valence electrons. The lowest BCUT2D eigenvalue weighted by Crippen LogP contribution is -2.15. The molecule has 0 aliphatic rings. The lowest BCUT2D eigenvalue weighted by Gasteiger charge is -2.08. The molecule has 1 aromatic heterocycles. The van der Waals surface area contributed by atoms with E-state index in [1.807, 2.05) is 0 Å². The first-order valence-electron chi connectivity index (χ1n) is 6.08. The van der Waals surface area contributed by atoms with Gasteiger partial charge in [0.15, 0.2) is 5.69 Å². The number of aromatic nitrogens is 2. The van der Waals surface area contributed by atoms with Crippen molar-refractivity contribution >= 4 is 11.7 Å². The van der Waals surface area contributed by atoms with E-state index in [4.69, 9.17) is 0 Å². The Morgan fingerprint density at radius 3 is 2.04 bits per heavy atom. The second-order valence-corrected chi connectivity index (χ2v) is 4.57. The molecule has 0 unspecified atom stereocenters. The van der Waals surface area contributed by atoms with Gasteiger partial charge in [0.05, 0.1) is 5.56 Å². The number of rotatable bonds is 2. The van der Waals surface area contributed by atoms with Gasteiger partial charge in [0.1, 0.15) is 5.82 Å². The van der Waals surface area contributed by atoms with Crippen LogP contribution >= 0.6 is 0 Å². The van der Waals surface area contributed by atoms with Gasteiger partial charge in [-0.25, -0.2) is 0 Å². The van der Waals surface area contributed by atoms with E-state index in [0.29, 0.717) is 18.2 Å². The molecule has 0 bridgehead atoms. The van der Waals surface area contributed by atoms with E-state index in [1.54, 1.807) is 0 Å². The van der Waals surface area contributed by atoms with E-state index >= 15 is 0 Å². The molecule has 2 rings (SSSR count). The van der Waals surface area contributed by atoms with Crippen molar-refractivity contribution in [2.75, 3.05) is 5.32 Å². The molecule has 1 N–H and O–H groups in total. The van der Waals surface area contributed by atoms with Crippen molar-refractivity contribution in [3.63, 3.8) is 0 Å². The Morgan fingerprint density at radius 1 is 1.04 bits per heavy atom. The number of anilines is 1. The molecule has 0 fully saturated rings. The van der Waals surface area contributed by atoms with Crippen molar-refractivity contribution < 1.29 is 31.1 Å². The summed E-state index contributed by atoms with van der Waals surface area (Å²) in [5, 5.41) is 5.36. The van der Waals surface area contributed by atoms with E-state index in [9.17, 15) is 31.1 Å². The Kier molecular flexibility index (Phi) is 4.10. The smallest absolute Gasteiger partial charge is 0.307 e. The van der Waals surface area contributed by atoms with Crippen LogP contribution in [0.2, 0.25) is 0 Å². The zero-order valence-corrected chi connectivity index (χ0v) is 11.5. The van der Waals surface area contributed by atoms with Gasteiger partial charge in [-0.15, -0.1) is 0 Å². The van der Waals surface area contributed by atoms with Crippen LogP contribution in [0.25, 0.3) is 0 Å². The average molecular weight is 337 g/mol. The van der Waals surface area contributed by atoms with Crippen molar-refractivity contribution in [1.29, 1.82) is 0 Å². The fourth-order valence-corrected chi connectivity index (χ4v) is 1.72. The van der Waals surface area contributed by atoms with Crippen LogP contribution in [0.3, 0.4) is 0 Å². The monoisotopic (exact) mass is 337 g/mol. The van der Waals surface area contributed by atoms with Crippen LogP contribution in [0.15, 0.2) is 30.3 Å². The SMILES string of the molecule is Cn1nc(C(F)(F)F)cc1NC(=O)c1ccc(C(F)(F)F)cc1. The largest absolute Gasteiger partial charge is 0.435 e. The summed E-state index contributed by atoms with van der Waals surface area (Å²) in [6, 6.07) is 3.90. The first kappa shape index (κ1) is 16.8. The highest BCUT2D eigenvalue weighted by Gasteiger charge is 2.35. The zero-order chi connectivity index (χ0) is 17.4. The molecule has 0 atom stereocenters. The van der Waals surface area contributed by atoms with Crippen LogP contribution < -0.4 is 5.32 Å². The van der Waals surface area contributed by atoms with Crippen molar-refractivity contribution in [3.05, 3.63) is 47.2 Å². The zero-order valence-electron chi connectivity index (χ0n) is 11.5. The van der Waals surface area contributed by atoms with Crippen LogP contribution in [-0.4, -0.2) is 15.7 Å². The molecule has 4 nitrogen and oxygen atoms in total. The minimum absolute atomic E-state index is 0.132. The maximum atomic E-state index is 12.5. The molecule has 1 amide bonds. The summed E-state index contributed by atoms with van der Waals surface area (Å²) in [5.74, 6) is -1.09. The van der Waals surface area contributed by atoms with E-state index in [1.165, 1.54) is 7.05 Å². The van der Waals surface area contributed by atoms with Crippen molar-refractivity contribution in [2.45, 2.75) is 12.4 Å². The topological polar surface area (TPSA) is 46.9 Å². The lowest BCUT2D eigenvalue weighted by atomic mass is 10.1. The van der Waals surface area contributed by atoms with Gasteiger partial charge in [0.25, 0.3) is 5.91 Å². The number of nitrogens with zero attached hydrogens (tertiary/aromatic N) is 2. The molecule has 0 aliphatic carbocycles. The van der Waals surface area contributed by atoms with Crippen LogP contribution in [0.5, 0.6) is 0 Å². The first-order chi connectivity index (χ1) is 10.5. The van der Waals surface area contributed by atoms with Gasteiger partial charge in [0, 0.05) is 18.7 Å². The fourth-order valence-electron chi connectivity index (χ4n) is 1.72. The number of aryl methyl sites for hydroxylation is 1. The summed E-state index contributed by atoms with van der Waals surface area (Å²) in [6.45, 7) is 0. The molecule has 10 heteroatoms. The molecule has 0 aliphatic heterocycles. The van der Waals surface area contributed by atoms with Gasteiger partial charge in [0.2, 0.25) is 0 Å². The Bertz CT molecular complexity index is 715. The number of benzene rings is 1. The number of alkyl halides is 6. The third-order valence-electron chi connectivity index (χ3n) is 2.89. The third kappa shape index (κ3) is 3.82. The van der Waals surface area contributed by atoms with E-state index in [-0.39, 0.29) is 11.4 Å². The van der Waals surface area contributed by atoms with Crippen molar-refractivity contribution in [3.8, 4) is 0 Å². The van der Waals surface area contributed by atoms with E-state index in [2.05, 4.69) is 10.4 Å². The maximum Gasteiger partial charge on any atom is 0.435 e. The molecule has 23 heavy (non-hydrogen) atoms. The summed E-state index contributed by atoms with van der Waals surface area (Å²) in [7, 11) is 1.19. The van der Waals surface area contributed by atoms with E-state index in [0.717, 1.165) is 16.8 Å². The number of halogens is 6. The van der Waals surface area contributed by atoms with Crippen LogP contribution in [0.4, 0.5) is 32.2 Å². The molecule has 2 aromatic rings. The van der Waals surface area contributed by atoms with Gasteiger partial charge in [-0.2, -0.15) is 31.4 Å². The molecule has 1 heterocycles. The predicted molar refractivity (Wildman–Crippen MR) is 67.6 cm³/mol. The highest BCUT2D eigenvalue weighted by molar-refractivity contribution is 6.03. The van der Waals surface area contributed by atoms with Crippen molar-refractivity contribution in [1.82, 2.24) is 9.78 Å². The molecular formula is C13H9F6N3O. The molecule has 0 saturated heterocycles. The number of hydrogen-bond acceptors (Lipinski definition) is 2. The highest BCUT2D eigenvalue weighted by atomic mass is 19.4. The third-order valence-corrected chi connectivity index (χ3v) is 2.89. The molecular weight excluding hydrogens is 328 g/mol. The minimum Gasteiger partial charge on any atom is -0.307 e. The summed E-state index contributed by atoms with van der Waals surface area (Å²) in [4.78, 5) is 11.9. The van der Waals surface area contributed by atoms with Gasteiger partial charge < -0.3 is 5.32 Å². The summed E-state index contributed by atoms with van der Waals surface area (Å²) in [6.07, 6.45) is -9.21. The summed E-state index contributed by atoms with van der Waals surface area (Å²) >= 11 is 0. The molecule has 0 spiro atoms. The number of nitrogens with one attached hydrogen (secondary N) is 1. The molecule has 1 aromatic carbocycles. The predicted octanol–water partition coefficient (Wildman–Crippen LogP) is 3.71. The molecule has 0 radical (unpaired) electrons. The second-order valence-electron chi connectivity index (χ2n) is 4.57. The fraction of sp³-hybridized carbons (Fsp3) is 0.231. The van der Waals surface area contributed by atoms with Gasteiger partial charge in [-0.1, -0.05) is 0 Å². The van der Waals surface area contributed by atoms with Gasteiger partial charge in [-0.3, -0.25) is 9.48 Å². The Labute approximate surface area is 125 Å². The van der Waals surface area contributed by atoms with Crippen LogP contribution in [0, 0.1) is 0 Å². The standard InChI is InChI=1S/C13H9F6N3O/c1-22-10(6-9(21-22)13(17,18)19)20-11(23)7-2-4-8(5-3-7)12(14,15)16/h2-6H,1H3,(H,20,23). The highest BCUT2D eigenvalue weighted by Crippen LogP contribution is 2.30. The lowest BCUT2D eigenvalue weighted by molar-refractivity contribution is -0.141. The Balaban J connectivity index is 2.18. The van der Waals surface area contributed by atoms with Gasteiger partial charge in [-0.05, 0) is 24.3 Å². The summed E-state index contributed by atoms with van der Waals surface area (Å²) in [5.41, 5.74) is -2.26. The number of amides is 1. The Hall–Kier alpha value is -2.52. The second kappa shape index (κ2) is 5.60. The van der Waals surface area contributed by atoms with Crippen LogP contribution in [-0.2, 0) is 19.4 Å². The van der Waals surface area contributed by atoms with Crippen molar-refractivity contribution in [2.24, 2.45) is 7.05 Å². The van der Waals surface area contributed by atoms with E-state index < -0.39 is 29.5 Å². The van der Waals surface area contributed by atoms with Gasteiger partial charge >= 0.3 is 12.4 Å². The van der Waals surface area contributed by atoms with Crippen LogP contribution in [0.1, 0.15) is 21.6 Å².